The topological polar surface area (TPSA) is 74.7 Å². The van der Waals surface area contributed by atoms with E-state index in [2.05, 4.69) is 17.2 Å². The third-order valence-corrected chi connectivity index (χ3v) is 2.17. The van der Waals surface area contributed by atoms with Crippen LogP contribution in [0.4, 0.5) is 5.69 Å². The molecule has 15 heavy (non-hydrogen) atoms. The van der Waals surface area contributed by atoms with Gasteiger partial charge in [-0.3, -0.25) is 0 Å². The molecule has 1 rings (SSSR count). The van der Waals surface area contributed by atoms with Gasteiger partial charge in [-0.05, 0) is 18.6 Å². The van der Waals surface area contributed by atoms with Gasteiger partial charge in [0.1, 0.15) is 11.8 Å². The van der Waals surface area contributed by atoms with Crippen LogP contribution in [0.15, 0.2) is 18.3 Å². The van der Waals surface area contributed by atoms with Gasteiger partial charge in [-0.2, -0.15) is 5.26 Å². The van der Waals surface area contributed by atoms with Crippen LogP contribution in [-0.2, 0) is 0 Å². The lowest BCUT2D eigenvalue weighted by atomic mass is 10.1. The highest BCUT2D eigenvalue weighted by Gasteiger charge is 2.05. The molecule has 1 unspecified atom stereocenters. The summed E-state index contributed by atoms with van der Waals surface area (Å²) < 4.78 is 0. The molecule has 0 spiro atoms. The first-order valence-corrected chi connectivity index (χ1v) is 5.13. The van der Waals surface area contributed by atoms with Crippen LogP contribution in [0.1, 0.15) is 25.5 Å². The highest BCUT2D eigenvalue weighted by Crippen LogP contribution is 2.10. The minimum absolute atomic E-state index is 0.268. The van der Waals surface area contributed by atoms with Gasteiger partial charge in [-0.25, -0.2) is 4.98 Å². The molecule has 0 aliphatic carbocycles. The van der Waals surface area contributed by atoms with Gasteiger partial charge < -0.3 is 11.1 Å². The number of nitrogens with one attached hydrogen (secondary N) is 1. The fraction of sp³-hybridized carbons (Fsp3) is 0.455. The quantitative estimate of drug-likeness (QED) is 0.762. The van der Waals surface area contributed by atoms with Gasteiger partial charge in [0.05, 0.1) is 0 Å². The minimum Gasteiger partial charge on any atom is -0.381 e. The SMILES string of the molecule is CCCC(CN)Nc1ccnc(C#N)c1. The first-order chi connectivity index (χ1) is 7.30. The molecule has 0 radical (unpaired) electrons. The van der Waals surface area contributed by atoms with Crippen molar-refractivity contribution in [3.63, 3.8) is 0 Å². The summed E-state index contributed by atoms with van der Waals surface area (Å²) in [6.07, 6.45) is 3.74. The van der Waals surface area contributed by atoms with Crippen LogP contribution in [-0.4, -0.2) is 17.6 Å². The van der Waals surface area contributed by atoms with Crippen molar-refractivity contribution in [3.8, 4) is 6.07 Å². The normalized spacial score (nSPS) is 11.8. The Hall–Kier alpha value is -1.60. The van der Waals surface area contributed by atoms with E-state index in [-0.39, 0.29) is 6.04 Å². The van der Waals surface area contributed by atoms with Crippen molar-refractivity contribution in [2.45, 2.75) is 25.8 Å². The smallest absolute Gasteiger partial charge is 0.142 e. The van der Waals surface area contributed by atoms with Gasteiger partial charge in [0, 0.05) is 24.5 Å². The minimum atomic E-state index is 0.268. The number of nitriles is 1. The first-order valence-electron chi connectivity index (χ1n) is 5.13. The van der Waals surface area contributed by atoms with Gasteiger partial charge in [0.15, 0.2) is 0 Å². The number of aromatic nitrogens is 1. The molecule has 4 nitrogen and oxygen atoms in total. The molecule has 0 aromatic carbocycles. The largest absolute Gasteiger partial charge is 0.381 e. The Morgan fingerprint density at radius 1 is 1.67 bits per heavy atom. The van der Waals surface area contributed by atoms with E-state index in [1.165, 1.54) is 0 Å². The van der Waals surface area contributed by atoms with Gasteiger partial charge in [0.25, 0.3) is 0 Å². The summed E-state index contributed by atoms with van der Waals surface area (Å²) in [5, 5.41) is 12.0. The zero-order valence-corrected chi connectivity index (χ0v) is 8.90. The summed E-state index contributed by atoms with van der Waals surface area (Å²) in [5.41, 5.74) is 6.97. The van der Waals surface area contributed by atoms with Crippen LogP contribution >= 0.6 is 0 Å². The average molecular weight is 204 g/mol. The maximum absolute atomic E-state index is 8.69. The van der Waals surface area contributed by atoms with Crippen LogP contribution in [0.5, 0.6) is 0 Å². The molecule has 0 bridgehead atoms. The van der Waals surface area contributed by atoms with Gasteiger partial charge >= 0.3 is 0 Å². The lowest BCUT2D eigenvalue weighted by Gasteiger charge is -2.17. The van der Waals surface area contributed by atoms with Crippen LogP contribution in [0.3, 0.4) is 0 Å². The second-order valence-electron chi connectivity index (χ2n) is 3.41. The summed E-state index contributed by atoms with van der Waals surface area (Å²) in [4.78, 5) is 3.90. The molecule has 0 amide bonds. The van der Waals surface area contributed by atoms with E-state index in [1.54, 1.807) is 12.3 Å². The molecule has 80 valence electrons. The van der Waals surface area contributed by atoms with E-state index in [9.17, 15) is 0 Å². The highest BCUT2D eigenvalue weighted by molar-refractivity contribution is 5.46. The summed E-state index contributed by atoms with van der Waals surface area (Å²) in [6.45, 7) is 2.72. The van der Waals surface area contributed by atoms with E-state index in [0.29, 0.717) is 12.2 Å². The maximum Gasteiger partial charge on any atom is 0.142 e. The monoisotopic (exact) mass is 204 g/mol. The molecule has 0 saturated carbocycles. The zero-order valence-electron chi connectivity index (χ0n) is 8.90. The summed E-state index contributed by atoms with van der Waals surface area (Å²) in [5.74, 6) is 0. The van der Waals surface area contributed by atoms with Crippen LogP contribution in [0, 0.1) is 11.3 Å². The van der Waals surface area contributed by atoms with E-state index in [0.717, 1.165) is 18.5 Å². The fourth-order valence-corrected chi connectivity index (χ4v) is 1.41. The van der Waals surface area contributed by atoms with E-state index in [1.807, 2.05) is 12.1 Å². The Bertz CT molecular complexity index is 343. The molecule has 3 N–H and O–H groups in total. The Morgan fingerprint density at radius 3 is 3.07 bits per heavy atom. The summed E-state index contributed by atoms with van der Waals surface area (Å²) >= 11 is 0. The third-order valence-electron chi connectivity index (χ3n) is 2.17. The number of nitrogens with zero attached hydrogens (tertiary/aromatic N) is 2. The number of pyridine rings is 1. The number of hydrogen-bond donors (Lipinski definition) is 2. The lowest BCUT2D eigenvalue weighted by Crippen LogP contribution is -2.28. The van der Waals surface area contributed by atoms with Gasteiger partial charge in [-0.1, -0.05) is 13.3 Å². The second kappa shape index (κ2) is 5.99. The van der Waals surface area contributed by atoms with Crippen molar-refractivity contribution < 1.29 is 0 Å². The van der Waals surface area contributed by atoms with Crippen LogP contribution in [0.25, 0.3) is 0 Å². The molecule has 1 heterocycles. The first kappa shape index (κ1) is 11.5. The number of hydrogen-bond acceptors (Lipinski definition) is 4. The Labute approximate surface area is 90.1 Å². The number of rotatable bonds is 5. The molecular formula is C11H16N4. The van der Waals surface area contributed by atoms with Crippen molar-refractivity contribution in [3.05, 3.63) is 24.0 Å². The molecule has 0 aliphatic heterocycles. The number of anilines is 1. The predicted molar refractivity (Wildman–Crippen MR) is 60.3 cm³/mol. The molecule has 4 heteroatoms. The van der Waals surface area contributed by atoms with Crippen molar-refractivity contribution in [1.29, 1.82) is 5.26 Å². The second-order valence-corrected chi connectivity index (χ2v) is 3.41. The lowest BCUT2D eigenvalue weighted by molar-refractivity contribution is 0.648. The zero-order chi connectivity index (χ0) is 11.1. The standard InChI is InChI=1S/C11H16N4/c1-2-3-10(7-12)15-9-4-5-14-11(6-9)8-13/h4-6,10H,2-3,7,12H2,1H3,(H,14,15). The fourth-order valence-electron chi connectivity index (χ4n) is 1.41. The van der Waals surface area contributed by atoms with Crippen LogP contribution < -0.4 is 11.1 Å². The van der Waals surface area contributed by atoms with E-state index >= 15 is 0 Å². The maximum atomic E-state index is 8.69. The van der Waals surface area contributed by atoms with Gasteiger partial charge in [0.2, 0.25) is 0 Å². The van der Waals surface area contributed by atoms with Crippen molar-refractivity contribution in [2.75, 3.05) is 11.9 Å². The van der Waals surface area contributed by atoms with E-state index < -0.39 is 0 Å². The molecule has 0 aliphatic rings. The van der Waals surface area contributed by atoms with Crippen molar-refractivity contribution >= 4 is 5.69 Å². The molecule has 1 atom stereocenters. The third kappa shape index (κ3) is 3.56. The molecule has 1 aromatic rings. The Kier molecular flexibility index (Phi) is 4.58. The molecular weight excluding hydrogens is 188 g/mol. The summed E-state index contributed by atoms with van der Waals surface area (Å²) in [6, 6.07) is 5.86. The Morgan fingerprint density at radius 2 is 2.47 bits per heavy atom. The van der Waals surface area contributed by atoms with Crippen molar-refractivity contribution in [2.24, 2.45) is 5.73 Å². The predicted octanol–water partition coefficient (Wildman–Crippen LogP) is 1.49. The average Bonchev–Trinajstić information content (AvgIpc) is 2.29. The molecule has 0 fully saturated rings. The van der Waals surface area contributed by atoms with Gasteiger partial charge in [-0.15, -0.1) is 0 Å². The summed E-state index contributed by atoms with van der Waals surface area (Å²) in [7, 11) is 0. The Balaban J connectivity index is 2.66. The number of nitrogens with two attached hydrogens (primary N) is 1. The van der Waals surface area contributed by atoms with E-state index in [4.69, 9.17) is 11.0 Å². The highest BCUT2D eigenvalue weighted by atomic mass is 14.9. The van der Waals surface area contributed by atoms with Crippen molar-refractivity contribution in [1.82, 2.24) is 4.98 Å². The molecule has 1 aromatic heterocycles. The molecule has 0 saturated heterocycles. The van der Waals surface area contributed by atoms with Crippen LogP contribution in [0.2, 0.25) is 0 Å².